The van der Waals surface area contributed by atoms with E-state index < -0.39 is 0 Å². The zero-order valence-corrected chi connectivity index (χ0v) is 10.1. The number of allylic oxidation sites excluding steroid dienone is 1. The van der Waals surface area contributed by atoms with Crippen LogP contribution in [0.15, 0.2) is 21.2 Å². The number of halogens is 2. The molecule has 0 N–H and O–H groups in total. The zero-order valence-electron chi connectivity index (χ0n) is 6.94. The van der Waals surface area contributed by atoms with Crippen LogP contribution in [0.2, 0.25) is 0 Å². The quantitative estimate of drug-likeness (QED) is 0.714. The molecule has 0 radical (unpaired) electrons. The van der Waals surface area contributed by atoms with Crippen molar-refractivity contribution in [1.82, 2.24) is 4.98 Å². The minimum atomic E-state index is 0.855. The first-order chi connectivity index (χ1) is 5.65. The van der Waals surface area contributed by atoms with Crippen molar-refractivity contribution >= 4 is 37.9 Å². The summed E-state index contributed by atoms with van der Waals surface area (Å²) in [5, 5.41) is 0. The van der Waals surface area contributed by atoms with Crippen LogP contribution in [0, 0.1) is 6.92 Å². The monoisotopic (exact) mass is 289 g/mol. The van der Waals surface area contributed by atoms with Gasteiger partial charge in [-0.3, -0.25) is 0 Å². The Morgan fingerprint density at radius 1 is 1.42 bits per heavy atom. The molecule has 1 aromatic rings. The highest BCUT2D eigenvalue weighted by atomic mass is 79.9. The minimum Gasteiger partial charge on any atom is -0.244 e. The molecule has 0 saturated heterocycles. The van der Waals surface area contributed by atoms with Crippen LogP contribution in [0.4, 0.5) is 0 Å². The van der Waals surface area contributed by atoms with Gasteiger partial charge in [0.2, 0.25) is 0 Å². The van der Waals surface area contributed by atoms with E-state index >= 15 is 0 Å². The van der Waals surface area contributed by atoms with Crippen molar-refractivity contribution in [3.8, 4) is 0 Å². The Kier molecular flexibility index (Phi) is 3.47. The van der Waals surface area contributed by atoms with E-state index in [0.29, 0.717) is 0 Å². The third-order valence-electron chi connectivity index (χ3n) is 1.51. The summed E-state index contributed by atoms with van der Waals surface area (Å²) in [6.45, 7) is 3.99. The second kappa shape index (κ2) is 4.19. The lowest BCUT2D eigenvalue weighted by Gasteiger charge is -2.01. The van der Waals surface area contributed by atoms with E-state index in [1.165, 1.54) is 0 Å². The van der Waals surface area contributed by atoms with Crippen molar-refractivity contribution < 1.29 is 0 Å². The fourth-order valence-electron chi connectivity index (χ4n) is 0.914. The van der Waals surface area contributed by atoms with Gasteiger partial charge in [0.1, 0.15) is 4.60 Å². The van der Waals surface area contributed by atoms with E-state index in [2.05, 4.69) is 36.8 Å². The van der Waals surface area contributed by atoms with E-state index in [4.69, 9.17) is 0 Å². The van der Waals surface area contributed by atoms with Crippen molar-refractivity contribution in [3.63, 3.8) is 0 Å². The van der Waals surface area contributed by atoms with Crippen molar-refractivity contribution in [1.29, 1.82) is 0 Å². The molecule has 12 heavy (non-hydrogen) atoms. The number of aryl methyl sites for hydroxylation is 1. The third kappa shape index (κ3) is 2.17. The van der Waals surface area contributed by atoms with Gasteiger partial charge in [-0.15, -0.1) is 0 Å². The highest BCUT2D eigenvalue weighted by Crippen LogP contribution is 2.23. The first kappa shape index (κ1) is 9.93. The van der Waals surface area contributed by atoms with Crippen LogP contribution in [0.5, 0.6) is 0 Å². The fraction of sp³-hybridized carbons (Fsp3) is 0.222. The summed E-state index contributed by atoms with van der Waals surface area (Å²) < 4.78 is 1.84. The van der Waals surface area contributed by atoms with Gasteiger partial charge in [-0.2, -0.15) is 0 Å². The van der Waals surface area contributed by atoms with Crippen LogP contribution in [-0.2, 0) is 0 Å². The van der Waals surface area contributed by atoms with Crippen molar-refractivity contribution in [3.05, 3.63) is 32.5 Å². The standard InChI is InChI=1S/C9H9Br2N/c1-3-4-7-5-8(10)9(11)12-6(7)2/h3-5H,1-2H3/b4-3-. The van der Waals surface area contributed by atoms with E-state index in [-0.39, 0.29) is 0 Å². The lowest BCUT2D eigenvalue weighted by Crippen LogP contribution is -1.88. The normalized spacial score (nSPS) is 11.0. The van der Waals surface area contributed by atoms with Gasteiger partial charge in [0.15, 0.2) is 0 Å². The fourth-order valence-corrected chi connectivity index (χ4v) is 1.63. The topological polar surface area (TPSA) is 12.9 Å². The molecule has 0 aliphatic rings. The van der Waals surface area contributed by atoms with Gasteiger partial charge in [-0.05, 0) is 57.3 Å². The Bertz CT molecular complexity index is 319. The van der Waals surface area contributed by atoms with Gasteiger partial charge in [0.05, 0.1) is 4.47 Å². The number of hydrogen-bond acceptors (Lipinski definition) is 1. The zero-order chi connectivity index (χ0) is 9.14. The second-order valence-electron chi connectivity index (χ2n) is 2.44. The lowest BCUT2D eigenvalue weighted by molar-refractivity contribution is 1.14. The molecule has 0 aliphatic heterocycles. The van der Waals surface area contributed by atoms with Gasteiger partial charge < -0.3 is 0 Å². The number of aromatic nitrogens is 1. The molecule has 0 saturated carbocycles. The largest absolute Gasteiger partial charge is 0.244 e. The smallest absolute Gasteiger partial charge is 0.120 e. The molecular weight excluding hydrogens is 282 g/mol. The molecular formula is C9H9Br2N. The first-order valence-corrected chi connectivity index (χ1v) is 5.19. The molecule has 0 atom stereocenters. The van der Waals surface area contributed by atoms with Gasteiger partial charge in [-0.25, -0.2) is 4.98 Å². The summed E-state index contributed by atoms with van der Waals surface area (Å²) in [7, 11) is 0. The Hall–Kier alpha value is -0.150. The van der Waals surface area contributed by atoms with Gasteiger partial charge >= 0.3 is 0 Å². The molecule has 3 heteroatoms. The number of nitrogens with zero attached hydrogens (tertiary/aromatic N) is 1. The summed E-state index contributed by atoms with van der Waals surface area (Å²) in [5.41, 5.74) is 2.18. The lowest BCUT2D eigenvalue weighted by atomic mass is 10.2. The average Bonchev–Trinajstić information content (AvgIpc) is 2.01. The highest BCUT2D eigenvalue weighted by Gasteiger charge is 2.01. The molecule has 1 heterocycles. The van der Waals surface area contributed by atoms with Crippen LogP contribution < -0.4 is 0 Å². The first-order valence-electron chi connectivity index (χ1n) is 3.60. The predicted molar refractivity (Wildman–Crippen MR) is 59.1 cm³/mol. The van der Waals surface area contributed by atoms with Crippen LogP contribution in [-0.4, -0.2) is 4.98 Å². The van der Waals surface area contributed by atoms with Crippen molar-refractivity contribution in [2.24, 2.45) is 0 Å². The molecule has 0 amide bonds. The molecule has 0 aliphatic carbocycles. The van der Waals surface area contributed by atoms with E-state index in [9.17, 15) is 0 Å². The molecule has 0 unspecified atom stereocenters. The third-order valence-corrected chi connectivity index (χ3v) is 3.25. The minimum absolute atomic E-state index is 0.855. The number of hydrogen-bond donors (Lipinski definition) is 0. The maximum atomic E-state index is 4.31. The summed E-state index contributed by atoms with van der Waals surface area (Å²) >= 11 is 6.76. The van der Waals surface area contributed by atoms with Crippen LogP contribution in [0.3, 0.4) is 0 Å². The summed E-state index contributed by atoms with van der Waals surface area (Å²) in [4.78, 5) is 4.31. The van der Waals surface area contributed by atoms with Crippen molar-refractivity contribution in [2.45, 2.75) is 13.8 Å². The Morgan fingerprint density at radius 3 is 2.67 bits per heavy atom. The summed E-state index contributed by atoms with van der Waals surface area (Å²) in [5.74, 6) is 0. The Morgan fingerprint density at radius 2 is 2.08 bits per heavy atom. The predicted octanol–water partition coefficient (Wildman–Crippen LogP) is 3.95. The summed E-state index contributed by atoms with van der Waals surface area (Å²) in [6.07, 6.45) is 4.05. The van der Waals surface area contributed by atoms with Gasteiger partial charge in [-0.1, -0.05) is 12.2 Å². The molecule has 0 spiro atoms. The van der Waals surface area contributed by atoms with E-state index in [0.717, 1.165) is 20.3 Å². The molecule has 1 nitrogen and oxygen atoms in total. The van der Waals surface area contributed by atoms with Crippen molar-refractivity contribution in [2.75, 3.05) is 0 Å². The van der Waals surface area contributed by atoms with Gasteiger partial charge in [0.25, 0.3) is 0 Å². The average molecular weight is 291 g/mol. The Balaban J connectivity index is 3.23. The molecule has 64 valence electrons. The van der Waals surface area contributed by atoms with E-state index in [1.54, 1.807) is 0 Å². The SMILES string of the molecule is C/C=C\c1cc(Br)c(Br)nc1C. The summed E-state index contributed by atoms with van der Waals surface area (Å²) in [6, 6.07) is 2.05. The highest BCUT2D eigenvalue weighted by molar-refractivity contribution is 9.13. The molecule has 0 fully saturated rings. The van der Waals surface area contributed by atoms with E-state index in [1.807, 2.05) is 32.1 Å². The Labute approximate surface area is 89.2 Å². The number of rotatable bonds is 1. The van der Waals surface area contributed by atoms with Gasteiger partial charge in [0, 0.05) is 5.69 Å². The maximum absolute atomic E-state index is 4.31. The van der Waals surface area contributed by atoms with Crippen LogP contribution in [0.1, 0.15) is 18.2 Å². The molecule has 1 aromatic heterocycles. The maximum Gasteiger partial charge on any atom is 0.120 e. The second-order valence-corrected chi connectivity index (χ2v) is 4.04. The van der Waals surface area contributed by atoms with Crippen LogP contribution >= 0.6 is 31.9 Å². The molecule has 0 bridgehead atoms. The molecule has 0 aromatic carbocycles. The molecule has 1 rings (SSSR count). The van der Waals surface area contributed by atoms with Crippen LogP contribution in [0.25, 0.3) is 6.08 Å². The number of pyridine rings is 1.